The Labute approximate surface area is 160 Å². The van der Waals surface area contributed by atoms with Crippen LogP contribution in [0.3, 0.4) is 0 Å². The molecular weight excluding hydrogens is 439 g/mol. The van der Waals surface area contributed by atoms with E-state index in [4.69, 9.17) is 16.0 Å². The van der Waals surface area contributed by atoms with E-state index in [1.54, 1.807) is 0 Å². The average Bonchev–Trinajstić information content (AvgIpc) is 3.17. The van der Waals surface area contributed by atoms with Crippen molar-refractivity contribution in [1.29, 1.82) is 0 Å². The van der Waals surface area contributed by atoms with Crippen LogP contribution in [-0.4, -0.2) is 30.4 Å². The number of carbonyl (C=O) groups is 1. The Morgan fingerprint density at radius 1 is 1.29 bits per heavy atom. The zero-order valence-electron chi connectivity index (χ0n) is 13.4. The summed E-state index contributed by atoms with van der Waals surface area (Å²) in [5, 5.41) is 4.06. The van der Waals surface area contributed by atoms with Crippen molar-refractivity contribution >= 4 is 40.1 Å². The van der Waals surface area contributed by atoms with Crippen molar-refractivity contribution in [1.82, 2.24) is 10.2 Å². The molecule has 1 aliphatic rings. The SMILES string of the molecule is O=C1CCCN1CCCNCc1ccc(-c2ccc(I)cc2Cl)o1. The van der Waals surface area contributed by atoms with Crippen molar-refractivity contribution in [3.8, 4) is 11.3 Å². The van der Waals surface area contributed by atoms with Gasteiger partial charge in [0, 0.05) is 28.6 Å². The Balaban J connectivity index is 1.45. The van der Waals surface area contributed by atoms with Gasteiger partial charge in [-0.2, -0.15) is 0 Å². The van der Waals surface area contributed by atoms with Gasteiger partial charge in [0.05, 0.1) is 11.6 Å². The topological polar surface area (TPSA) is 45.5 Å². The standard InChI is InChI=1S/C18H20ClIN2O2/c19-16-11-13(20)4-6-15(16)17-7-5-14(24-17)12-21-8-2-10-22-9-1-3-18(22)23/h4-7,11,21H,1-3,8-10,12H2. The van der Waals surface area contributed by atoms with Crippen LogP contribution in [0.5, 0.6) is 0 Å². The minimum atomic E-state index is 0.292. The highest BCUT2D eigenvalue weighted by Gasteiger charge is 2.18. The van der Waals surface area contributed by atoms with Gasteiger partial charge in [0.15, 0.2) is 0 Å². The van der Waals surface area contributed by atoms with E-state index in [1.807, 2.05) is 35.2 Å². The zero-order chi connectivity index (χ0) is 16.9. The van der Waals surface area contributed by atoms with E-state index < -0.39 is 0 Å². The van der Waals surface area contributed by atoms with E-state index >= 15 is 0 Å². The first-order chi connectivity index (χ1) is 11.6. The predicted molar refractivity (Wildman–Crippen MR) is 104 cm³/mol. The molecule has 1 fully saturated rings. The molecular formula is C18H20ClIN2O2. The number of nitrogens with one attached hydrogen (secondary N) is 1. The molecule has 0 atom stereocenters. The number of nitrogens with zero attached hydrogens (tertiary/aromatic N) is 1. The van der Waals surface area contributed by atoms with Gasteiger partial charge in [-0.3, -0.25) is 4.79 Å². The first kappa shape index (κ1) is 17.8. The van der Waals surface area contributed by atoms with Crippen LogP contribution in [0.4, 0.5) is 0 Å². The molecule has 1 saturated heterocycles. The third-order valence-electron chi connectivity index (χ3n) is 4.11. The molecule has 1 N–H and O–H groups in total. The van der Waals surface area contributed by atoms with E-state index in [2.05, 4.69) is 27.9 Å². The Morgan fingerprint density at radius 2 is 2.17 bits per heavy atom. The molecule has 6 heteroatoms. The highest BCUT2D eigenvalue weighted by molar-refractivity contribution is 14.1. The number of hydrogen-bond donors (Lipinski definition) is 1. The van der Waals surface area contributed by atoms with E-state index in [-0.39, 0.29) is 0 Å². The van der Waals surface area contributed by atoms with E-state index in [0.29, 0.717) is 23.9 Å². The van der Waals surface area contributed by atoms with E-state index in [9.17, 15) is 4.79 Å². The zero-order valence-corrected chi connectivity index (χ0v) is 16.3. The fraction of sp³-hybridized carbons (Fsp3) is 0.389. The molecule has 1 amide bonds. The molecule has 4 nitrogen and oxygen atoms in total. The third kappa shape index (κ3) is 4.52. The number of amides is 1. The first-order valence-corrected chi connectivity index (χ1v) is 9.62. The molecule has 2 heterocycles. The van der Waals surface area contributed by atoms with Gasteiger partial charge in [0.2, 0.25) is 5.91 Å². The van der Waals surface area contributed by atoms with Crippen molar-refractivity contribution in [2.45, 2.75) is 25.8 Å². The summed E-state index contributed by atoms with van der Waals surface area (Å²) in [7, 11) is 0. The Bertz CT molecular complexity index is 717. The lowest BCUT2D eigenvalue weighted by atomic mass is 10.2. The monoisotopic (exact) mass is 458 g/mol. The van der Waals surface area contributed by atoms with Crippen molar-refractivity contribution in [3.05, 3.63) is 44.7 Å². The minimum Gasteiger partial charge on any atom is -0.460 e. The van der Waals surface area contributed by atoms with Gasteiger partial charge in [0.1, 0.15) is 11.5 Å². The van der Waals surface area contributed by atoms with Crippen LogP contribution >= 0.6 is 34.2 Å². The molecule has 3 rings (SSSR count). The number of halogens is 2. The number of furan rings is 1. The van der Waals surface area contributed by atoms with Crippen molar-refractivity contribution in [2.75, 3.05) is 19.6 Å². The lowest BCUT2D eigenvalue weighted by Crippen LogP contribution is -2.28. The van der Waals surface area contributed by atoms with Crippen LogP contribution in [0.1, 0.15) is 25.0 Å². The largest absolute Gasteiger partial charge is 0.460 e. The summed E-state index contributed by atoms with van der Waals surface area (Å²) >= 11 is 8.52. The second-order valence-corrected chi connectivity index (χ2v) is 7.56. The number of hydrogen-bond acceptors (Lipinski definition) is 3. The molecule has 0 radical (unpaired) electrons. The Morgan fingerprint density at radius 3 is 2.92 bits per heavy atom. The summed E-state index contributed by atoms with van der Waals surface area (Å²) in [6.07, 6.45) is 2.68. The summed E-state index contributed by atoms with van der Waals surface area (Å²) in [5.74, 6) is 1.97. The quantitative estimate of drug-likeness (QED) is 0.497. The molecule has 24 heavy (non-hydrogen) atoms. The molecule has 0 spiro atoms. The summed E-state index contributed by atoms with van der Waals surface area (Å²) in [5.41, 5.74) is 0.913. The number of benzene rings is 1. The van der Waals surface area contributed by atoms with Gasteiger partial charge in [-0.25, -0.2) is 0 Å². The molecule has 1 aromatic carbocycles. The van der Waals surface area contributed by atoms with Crippen LogP contribution < -0.4 is 5.32 Å². The normalized spacial score (nSPS) is 14.6. The predicted octanol–water partition coefficient (Wildman–Crippen LogP) is 4.31. The van der Waals surface area contributed by atoms with Crippen LogP contribution in [0, 0.1) is 3.57 Å². The Hall–Kier alpha value is -1.05. The molecule has 0 bridgehead atoms. The van der Waals surface area contributed by atoms with E-state index in [0.717, 1.165) is 53.1 Å². The number of carbonyl (C=O) groups excluding carboxylic acids is 1. The van der Waals surface area contributed by atoms with Gasteiger partial charge >= 0.3 is 0 Å². The van der Waals surface area contributed by atoms with Gasteiger partial charge < -0.3 is 14.6 Å². The molecule has 1 aliphatic heterocycles. The molecule has 1 aromatic heterocycles. The maximum absolute atomic E-state index is 11.5. The van der Waals surface area contributed by atoms with Gasteiger partial charge in [-0.1, -0.05) is 11.6 Å². The second-order valence-electron chi connectivity index (χ2n) is 5.90. The fourth-order valence-electron chi connectivity index (χ4n) is 2.85. The third-order valence-corrected chi connectivity index (χ3v) is 5.09. The van der Waals surface area contributed by atoms with Crippen LogP contribution in [-0.2, 0) is 11.3 Å². The lowest BCUT2D eigenvalue weighted by molar-refractivity contribution is -0.127. The maximum atomic E-state index is 11.5. The van der Waals surface area contributed by atoms with E-state index in [1.165, 1.54) is 0 Å². The van der Waals surface area contributed by atoms with Crippen LogP contribution in [0.25, 0.3) is 11.3 Å². The highest BCUT2D eigenvalue weighted by Crippen LogP contribution is 2.30. The minimum absolute atomic E-state index is 0.292. The Kier molecular flexibility index (Phi) is 6.19. The summed E-state index contributed by atoms with van der Waals surface area (Å²) in [6, 6.07) is 9.85. The van der Waals surface area contributed by atoms with Crippen molar-refractivity contribution in [3.63, 3.8) is 0 Å². The van der Waals surface area contributed by atoms with Crippen molar-refractivity contribution in [2.24, 2.45) is 0 Å². The van der Waals surface area contributed by atoms with Gasteiger partial charge in [-0.05, 0) is 72.3 Å². The number of likely N-dealkylation sites (tertiary alicyclic amines) is 1. The molecule has 128 valence electrons. The lowest BCUT2D eigenvalue weighted by Gasteiger charge is -2.15. The summed E-state index contributed by atoms with van der Waals surface area (Å²) in [6.45, 7) is 3.30. The molecule has 0 aliphatic carbocycles. The van der Waals surface area contributed by atoms with Crippen LogP contribution in [0.15, 0.2) is 34.7 Å². The van der Waals surface area contributed by atoms with Crippen LogP contribution in [0.2, 0.25) is 5.02 Å². The fourth-order valence-corrected chi connectivity index (χ4v) is 3.80. The summed E-state index contributed by atoms with van der Waals surface area (Å²) < 4.78 is 6.98. The molecule has 2 aromatic rings. The van der Waals surface area contributed by atoms with Gasteiger partial charge in [0.25, 0.3) is 0 Å². The maximum Gasteiger partial charge on any atom is 0.222 e. The smallest absolute Gasteiger partial charge is 0.222 e. The summed E-state index contributed by atoms with van der Waals surface area (Å²) in [4.78, 5) is 13.5. The number of rotatable bonds is 7. The van der Waals surface area contributed by atoms with Gasteiger partial charge in [-0.15, -0.1) is 0 Å². The highest BCUT2D eigenvalue weighted by atomic mass is 127. The first-order valence-electron chi connectivity index (χ1n) is 8.16. The molecule has 0 unspecified atom stereocenters. The molecule has 0 saturated carbocycles. The average molecular weight is 459 g/mol. The second kappa shape index (κ2) is 8.36. The van der Waals surface area contributed by atoms with Crippen molar-refractivity contribution < 1.29 is 9.21 Å².